The van der Waals surface area contributed by atoms with Crippen molar-refractivity contribution in [3.05, 3.63) is 51.8 Å². The van der Waals surface area contributed by atoms with E-state index < -0.39 is 35.3 Å². The summed E-state index contributed by atoms with van der Waals surface area (Å²) in [5.74, 6) is -2.92. The van der Waals surface area contributed by atoms with Crippen LogP contribution in [-0.4, -0.2) is 40.0 Å². The first-order chi connectivity index (χ1) is 11.4. The number of nitrogens with one attached hydrogen (secondary N) is 1. The number of carbonyl (C=O) groups is 2. The SMILES string of the molecule is C=CCOn1c(=O)c(C(=O)NCC(=O)O)c(O)c2ccc(Cl)cc21. The number of carboxylic acid groups (broad SMARTS) is 1. The van der Waals surface area contributed by atoms with Crippen molar-refractivity contribution in [2.45, 2.75) is 0 Å². The Morgan fingerprint density at radius 1 is 1.42 bits per heavy atom. The number of nitrogens with zero attached hydrogens (tertiary/aromatic N) is 1. The van der Waals surface area contributed by atoms with Crippen LogP contribution in [-0.2, 0) is 4.79 Å². The Morgan fingerprint density at radius 2 is 2.12 bits per heavy atom. The van der Waals surface area contributed by atoms with Gasteiger partial charge in [-0.25, -0.2) is 0 Å². The second-order valence-electron chi connectivity index (χ2n) is 4.65. The van der Waals surface area contributed by atoms with E-state index in [2.05, 4.69) is 6.58 Å². The molecule has 0 fully saturated rings. The molecule has 0 aliphatic rings. The molecule has 126 valence electrons. The van der Waals surface area contributed by atoms with Crippen LogP contribution in [0.15, 0.2) is 35.6 Å². The van der Waals surface area contributed by atoms with Crippen LogP contribution >= 0.6 is 11.6 Å². The Balaban J connectivity index is 2.69. The molecule has 0 radical (unpaired) electrons. The lowest BCUT2D eigenvalue weighted by molar-refractivity contribution is -0.135. The number of carboxylic acids is 1. The standard InChI is InChI=1S/C15H13ClN2O6/c1-2-5-24-18-10-6-8(16)3-4-9(10)13(21)12(15(18)23)14(22)17-7-11(19)20/h2-4,6,21H,1,5,7H2,(H,17,22)(H,19,20). The number of aromatic hydroxyl groups is 1. The van der Waals surface area contributed by atoms with Gasteiger partial charge in [0, 0.05) is 10.4 Å². The predicted molar refractivity (Wildman–Crippen MR) is 86.5 cm³/mol. The number of amides is 1. The van der Waals surface area contributed by atoms with Crippen molar-refractivity contribution in [3.63, 3.8) is 0 Å². The summed E-state index contributed by atoms with van der Waals surface area (Å²) in [4.78, 5) is 40.4. The highest BCUT2D eigenvalue weighted by molar-refractivity contribution is 6.31. The third kappa shape index (κ3) is 3.33. The van der Waals surface area contributed by atoms with Gasteiger partial charge in [0.1, 0.15) is 18.9 Å². The molecule has 2 aromatic rings. The molecule has 0 bridgehead atoms. The lowest BCUT2D eigenvalue weighted by Crippen LogP contribution is -2.37. The van der Waals surface area contributed by atoms with Crippen molar-refractivity contribution in [2.75, 3.05) is 13.2 Å². The molecule has 0 atom stereocenters. The minimum Gasteiger partial charge on any atom is -0.506 e. The van der Waals surface area contributed by atoms with Gasteiger partial charge in [0.15, 0.2) is 5.56 Å². The Bertz CT molecular complexity index is 890. The zero-order valence-corrected chi connectivity index (χ0v) is 13.0. The molecule has 8 nitrogen and oxygen atoms in total. The lowest BCUT2D eigenvalue weighted by atomic mass is 10.1. The summed E-state index contributed by atoms with van der Waals surface area (Å²) in [6.07, 6.45) is 1.39. The highest BCUT2D eigenvalue weighted by Gasteiger charge is 2.23. The first-order valence-electron chi connectivity index (χ1n) is 6.68. The number of hydrogen-bond donors (Lipinski definition) is 3. The number of halogens is 1. The van der Waals surface area contributed by atoms with Crippen LogP contribution in [0.25, 0.3) is 10.9 Å². The topological polar surface area (TPSA) is 118 Å². The number of pyridine rings is 1. The van der Waals surface area contributed by atoms with Gasteiger partial charge in [-0.1, -0.05) is 24.3 Å². The van der Waals surface area contributed by atoms with E-state index in [1.807, 2.05) is 5.32 Å². The van der Waals surface area contributed by atoms with Crippen molar-refractivity contribution < 1.29 is 24.6 Å². The first kappa shape index (κ1) is 17.4. The maximum Gasteiger partial charge on any atom is 0.322 e. The minimum atomic E-state index is -1.29. The summed E-state index contributed by atoms with van der Waals surface area (Å²) >= 11 is 5.90. The van der Waals surface area contributed by atoms with E-state index in [1.54, 1.807) is 0 Å². The Kier molecular flexibility index (Phi) is 5.10. The fraction of sp³-hybridized carbons (Fsp3) is 0.133. The molecule has 1 aromatic carbocycles. The van der Waals surface area contributed by atoms with Crippen molar-refractivity contribution in [3.8, 4) is 5.75 Å². The number of carbonyl (C=O) groups excluding carboxylic acids is 1. The molecule has 9 heteroatoms. The van der Waals surface area contributed by atoms with Gasteiger partial charge in [0.25, 0.3) is 11.5 Å². The molecule has 0 spiro atoms. The smallest absolute Gasteiger partial charge is 0.322 e. The second-order valence-corrected chi connectivity index (χ2v) is 5.08. The summed E-state index contributed by atoms with van der Waals surface area (Å²) in [6.45, 7) is 2.72. The number of hydrogen-bond acceptors (Lipinski definition) is 5. The Hall–Kier alpha value is -3.00. The van der Waals surface area contributed by atoms with E-state index in [4.69, 9.17) is 21.5 Å². The number of aromatic nitrogens is 1. The predicted octanol–water partition coefficient (Wildman–Crippen LogP) is 0.790. The van der Waals surface area contributed by atoms with E-state index in [0.717, 1.165) is 4.73 Å². The highest BCUT2D eigenvalue weighted by atomic mass is 35.5. The normalized spacial score (nSPS) is 10.4. The molecular formula is C15H13ClN2O6. The number of fused-ring (bicyclic) bond motifs is 1. The molecule has 1 amide bonds. The van der Waals surface area contributed by atoms with Crippen LogP contribution in [0.2, 0.25) is 5.02 Å². The first-order valence-corrected chi connectivity index (χ1v) is 7.06. The third-order valence-corrected chi connectivity index (χ3v) is 3.25. The molecule has 0 unspecified atom stereocenters. The van der Waals surface area contributed by atoms with Crippen molar-refractivity contribution in [1.82, 2.24) is 10.0 Å². The Morgan fingerprint density at radius 3 is 2.75 bits per heavy atom. The highest BCUT2D eigenvalue weighted by Crippen LogP contribution is 2.28. The van der Waals surface area contributed by atoms with Crippen molar-refractivity contribution in [1.29, 1.82) is 0 Å². The fourth-order valence-corrected chi connectivity index (χ4v) is 2.19. The van der Waals surface area contributed by atoms with Crippen LogP contribution in [0.3, 0.4) is 0 Å². The van der Waals surface area contributed by atoms with Crippen LogP contribution in [0, 0.1) is 0 Å². The second kappa shape index (κ2) is 7.05. The van der Waals surface area contributed by atoms with Crippen LogP contribution in [0.5, 0.6) is 5.75 Å². The van der Waals surface area contributed by atoms with Crippen LogP contribution in [0.4, 0.5) is 0 Å². The number of benzene rings is 1. The molecule has 0 aliphatic heterocycles. The summed E-state index contributed by atoms with van der Waals surface area (Å²) < 4.78 is 0.804. The average molecular weight is 353 g/mol. The molecule has 0 saturated carbocycles. The summed E-state index contributed by atoms with van der Waals surface area (Å²) in [5.41, 5.74) is -1.43. The average Bonchev–Trinajstić information content (AvgIpc) is 2.52. The van der Waals surface area contributed by atoms with E-state index in [1.165, 1.54) is 24.3 Å². The number of rotatable bonds is 6. The summed E-state index contributed by atoms with van der Waals surface area (Å²) in [6, 6.07) is 4.26. The maximum atomic E-state index is 12.5. The molecule has 24 heavy (non-hydrogen) atoms. The molecule has 0 aliphatic carbocycles. The van der Waals surface area contributed by atoms with E-state index in [9.17, 15) is 19.5 Å². The maximum absolute atomic E-state index is 12.5. The molecule has 1 aromatic heterocycles. The van der Waals surface area contributed by atoms with Crippen LogP contribution < -0.4 is 15.7 Å². The van der Waals surface area contributed by atoms with E-state index in [-0.39, 0.29) is 17.5 Å². The molecule has 0 saturated heterocycles. The van der Waals surface area contributed by atoms with Crippen LogP contribution in [0.1, 0.15) is 10.4 Å². The van der Waals surface area contributed by atoms with Gasteiger partial charge in [-0.2, -0.15) is 0 Å². The molecule has 1 heterocycles. The largest absolute Gasteiger partial charge is 0.506 e. The zero-order valence-electron chi connectivity index (χ0n) is 12.3. The summed E-state index contributed by atoms with van der Waals surface area (Å²) in [7, 11) is 0. The molecular weight excluding hydrogens is 340 g/mol. The summed E-state index contributed by atoms with van der Waals surface area (Å²) in [5, 5.41) is 21.3. The van der Waals surface area contributed by atoms with Crippen molar-refractivity contribution >= 4 is 34.4 Å². The third-order valence-electron chi connectivity index (χ3n) is 3.02. The van der Waals surface area contributed by atoms with Gasteiger partial charge in [-0.3, -0.25) is 14.4 Å². The van der Waals surface area contributed by atoms with Gasteiger partial charge in [0.2, 0.25) is 0 Å². The zero-order chi connectivity index (χ0) is 17.9. The van der Waals surface area contributed by atoms with Gasteiger partial charge < -0.3 is 20.4 Å². The number of aliphatic carboxylic acids is 1. The Labute approximate surface area is 140 Å². The van der Waals surface area contributed by atoms with Gasteiger partial charge in [-0.05, 0) is 18.2 Å². The minimum absolute atomic E-state index is 0.0392. The van der Waals surface area contributed by atoms with E-state index >= 15 is 0 Å². The van der Waals surface area contributed by atoms with E-state index in [0.29, 0.717) is 5.02 Å². The van der Waals surface area contributed by atoms with Gasteiger partial charge in [-0.15, -0.1) is 4.73 Å². The molecule has 3 N–H and O–H groups in total. The lowest BCUT2D eigenvalue weighted by Gasteiger charge is -2.14. The monoisotopic (exact) mass is 352 g/mol. The van der Waals surface area contributed by atoms with Gasteiger partial charge in [0.05, 0.1) is 5.52 Å². The quantitative estimate of drug-likeness (QED) is 0.661. The van der Waals surface area contributed by atoms with Crippen molar-refractivity contribution in [2.24, 2.45) is 0 Å². The fourth-order valence-electron chi connectivity index (χ4n) is 2.02. The van der Waals surface area contributed by atoms with Gasteiger partial charge >= 0.3 is 5.97 Å². The molecule has 2 rings (SSSR count).